The zero-order valence-corrected chi connectivity index (χ0v) is 10.8. The summed E-state index contributed by atoms with van der Waals surface area (Å²) < 4.78 is 5.22. The van der Waals surface area contributed by atoms with E-state index in [1.807, 2.05) is 13.0 Å². The van der Waals surface area contributed by atoms with Crippen molar-refractivity contribution in [3.8, 4) is 6.07 Å². The molecule has 1 N–H and O–H groups in total. The Morgan fingerprint density at radius 1 is 1.53 bits per heavy atom. The molecule has 1 unspecified atom stereocenters. The van der Waals surface area contributed by atoms with Gasteiger partial charge in [-0.3, -0.25) is 0 Å². The van der Waals surface area contributed by atoms with E-state index in [-0.39, 0.29) is 11.0 Å². The molecule has 0 radical (unpaired) electrons. The van der Waals surface area contributed by atoms with Gasteiger partial charge in [0.15, 0.2) is 0 Å². The Morgan fingerprint density at radius 2 is 2.32 bits per heavy atom. The van der Waals surface area contributed by atoms with Crippen molar-refractivity contribution in [2.75, 3.05) is 0 Å². The van der Waals surface area contributed by atoms with Gasteiger partial charge in [-0.25, -0.2) is 9.78 Å². The normalized spacial score (nSPS) is 11.8. The number of thioether (sulfide) groups is 1. The summed E-state index contributed by atoms with van der Waals surface area (Å²) in [4.78, 5) is 14.9. The smallest absolute Gasteiger partial charge is 0.371 e. The fourth-order valence-corrected chi connectivity index (χ4v) is 2.39. The third-order valence-electron chi connectivity index (χ3n) is 2.40. The first-order chi connectivity index (χ1) is 9.10. The first-order valence-corrected chi connectivity index (χ1v) is 6.34. The van der Waals surface area contributed by atoms with Crippen LogP contribution in [0.4, 0.5) is 0 Å². The van der Waals surface area contributed by atoms with Crippen molar-refractivity contribution in [1.82, 2.24) is 4.98 Å². The molecule has 0 spiro atoms. The van der Waals surface area contributed by atoms with Crippen LogP contribution in [0.25, 0.3) is 0 Å². The van der Waals surface area contributed by atoms with Gasteiger partial charge in [-0.2, -0.15) is 5.26 Å². The van der Waals surface area contributed by atoms with Crippen LogP contribution >= 0.6 is 11.8 Å². The summed E-state index contributed by atoms with van der Waals surface area (Å²) in [6.07, 6.45) is 1.57. The van der Waals surface area contributed by atoms with Crippen molar-refractivity contribution in [3.05, 3.63) is 47.5 Å². The highest BCUT2D eigenvalue weighted by Gasteiger charge is 2.15. The maximum absolute atomic E-state index is 10.7. The van der Waals surface area contributed by atoms with Gasteiger partial charge >= 0.3 is 5.97 Å². The van der Waals surface area contributed by atoms with Crippen molar-refractivity contribution in [3.63, 3.8) is 0 Å². The number of hydrogen-bond acceptors (Lipinski definition) is 5. The number of carboxylic acids is 1. The Labute approximate surface area is 113 Å². The molecule has 5 nitrogen and oxygen atoms in total. The average Bonchev–Trinajstić information content (AvgIpc) is 2.89. The highest BCUT2D eigenvalue weighted by atomic mass is 32.2. The molecule has 0 fully saturated rings. The first-order valence-electron chi connectivity index (χ1n) is 5.46. The van der Waals surface area contributed by atoms with Gasteiger partial charge in [0.2, 0.25) is 5.76 Å². The fourth-order valence-electron chi connectivity index (χ4n) is 1.47. The van der Waals surface area contributed by atoms with Gasteiger partial charge in [0, 0.05) is 6.20 Å². The number of rotatable bonds is 4. The molecule has 2 aromatic rings. The second-order valence-electron chi connectivity index (χ2n) is 3.76. The maximum atomic E-state index is 10.7. The van der Waals surface area contributed by atoms with Gasteiger partial charge in [0.1, 0.15) is 5.76 Å². The average molecular weight is 274 g/mol. The summed E-state index contributed by atoms with van der Waals surface area (Å²) in [6.45, 7) is 1.88. The zero-order valence-electron chi connectivity index (χ0n) is 10.0. The Kier molecular flexibility index (Phi) is 3.88. The lowest BCUT2D eigenvalue weighted by molar-refractivity contribution is 0.0660. The van der Waals surface area contributed by atoms with E-state index in [9.17, 15) is 4.79 Å². The number of nitrogens with zero attached hydrogens (tertiary/aromatic N) is 2. The predicted octanol–water partition coefficient (Wildman–Crippen LogP) is 3.10. The number of carboxylic acid groups (broad SMARTS) is 1. The molecule has 0 saturated heterocycles. The van der Waals surface area contributed by atoms with Crippen LogP contribution in [0.5, 0.6) is 0 Å². The molecule has 19 heavy (non-hydrogen) atoms. The van der Waals surface area contributed by atoms with Gasteiger partial charge in [0.05, 0.1) is 21.9 Å². The van der Waals surface area contributed by atoms with E-state index in [4.69, 9.17) is 14.8 Å². The third-order valence-corrected chi connectivity index (χ3v) is 3.45. The molecule has 0 bridgehead atoms. The monoisotopic (exact) mass is 274 g/mol. The fraction of sp³-hybridized carbons (Fsp3) is 0.154. The number of hydrogen-bond donors (Lipinski definition) is 1. The van der Waals surface area contributed by atoms with Crippen LogP contribution in [0.15, 0.2) is 39.9 Å². The van der Waals surface area contributed by atoms with Crippen molar-refractivity contribution in [1.29, 1.82) is 5.26 Å². The molecule has 0 aliphatic carbocycles. The summed E-state index contributed by atoms with van der Waals surface area (Å²) >= 11 is 1.40. The lowest BCUT2D eigenvalue weighted by atomic mass is 10.3. The van der Waals surface area contributed by atoms with E-state index in [0.717, 1.165) is 0 Å². The second kappa shape index (κ2) is 5.59. The number of furan rings is 1. The van der Waals surface area contributed by atoms with Crippen LogP contribution in [0, 0.1) is 11.3 Å². The number of aromatic nitrogens is 1. The van der Waals surface area contributed by atoms with Crippen LogP contribution in [-0.2, 0) is 0 Å². The van der Waals surface area contributed by atoms with Gasteiger partial charge in [0.25, 0.3) is 0 Å². The van der Waals surface area contributed by atoms with E-state index in [1.165, 1.54) is 17.8 Å². The Bertz CT molecular complexity index is 645. The Morgan fingerprint density at radius 3 is 2.95 bits per heavy atom. The van der Waals surface area contributed by atoms with Crippen LogP contribution in [0.3, 0.4) is 0 Å². The lowest BCUT2D eigenvalue weighted by Gasteiger charge is -2.07. The Balaban J connectivity index is 2.13. The molecule has 0 amide bonds. The first kappa shape index (κ1) is 13.2. The van der Waals surface area contributed by atoms with Crippen LogP contribution in [0.2, 0.25) is 0 Å². The highest BCUT2D eigenvalue weighted by molar-refractivity contribution is 7.99. The van der Waals surface area contributed by atoms with Gasteiger partial charge in [-0.1, -0.05) is 11.8 Å². The van der Waals surface area contributed by atoms with E-state index in [2.05, 4.69) is 4.98 Å². The number of pyridine rings is 1. The second-order valence-corrected chi connectivity index (χ2v) is 5.12. The quantitative estimate of drug-likeness (QED) is 0.862. The summed E-state index contributed by atoms with van der Waals surface area (Å²) in [5, 5.41) is 18.2. The highest BCUT2D eigenvalue weighted by Crippen LogP contribution is 2.34. The number of aromatic carboxylic acids is 1. The standard InChI is InChI=1S/C13H10N2O3S/c1-8(10-2-3-11(18-10)13(16)17)19-12-6-9(7-14)4-5-15-12/h2-6,8H,1H3,(H,16,17). The summed E-state index contributed by atoms with van der Waals surface area (Å²) in [7, 11) is 0. The topological polar surface area (TPSA) is 87.1 Å². The zero-order chi connectivity index (χ0) is 13.8. The predicted molar refractivity (Wildman–Crippen MR) is 68.9 cm³/mol. The number of carbonyl (C=O) groups is 1. The van der Waals surface area contributed by atoms with Crippen molar-refractivity contribution in [2.24, 2.45) is 0 Å². The Hall–Kier alpha value is -2.26. The maximum Gasteiger partial charge on any atom is 0.371 e. The van der Waals surface area contributed by atoms with Crippen molar-refractivity contribution < 1.29 is 14.3 Å². The van der Waals surface area contributed by atoms with Crippen molar-refractivity contribution in [2.45, 2.75) is 17.2 Å². The molecule has 1 atom stereocenters. The van der Waals surface area contributed by atoms with E-state index >= 15 is 0 Å². The third kappa shape index (κ3) is 3.14. The molecule has 0 aliphatic heterocycles. The molecule has 2 heterocycles. The minimum Gasteiger partial charge on any atom is -0.475 e. The van der Waals surface area contributed by atoms with E-state index in [1.54, 1.807) is 24.4 Å². The number of nitriles is 1. The largest absolute Gasteiger partial charge is 0.475 e. The van der Waals surface area contributed by atoms with Gasteiger partial charge in [-0.15, -0.1) is 0 Å². The molecule has 6 heteroatoms. The summed E-state index contributed by atoms with van der Waals surface area (Å²) in [5.41, 5.74) is 0.537. The summed E-state index contributed by atoms with van der Waals surface area (Å²) in [5.74, 6) is -0.610. The van der Waals surface area contributed by atoms with Gasteiger partial charge < -0.3 is 9.52 Å². The van der Waals surface area contributed by atoms with Crippen molar-refractivity contribution >= 4 is 17.7 Å². The molecule has 2 aromatic heterocycles. The minimum atomic E-state index is -1.09. The van der Waals surface area contributed by atoms with E-state index in [0.29, 0.717) is 16.3 Å². The molecule has 2 rings (SSSR count). The molecule has 96 valence electrons. The van der Waals surface area contributed by atoms with Crippen LogP contribution in [-0.4, -0.2) is 16.1 Å². The molecule has 0 aliphatic rings. The van der Waals surface area contributed by atoms with Crippen LogP contribution < -0.4 is 0 Å². The van der Waals surface area contributed by atoms with Crippen LogP contribution in [0.1, 0.15) is 34.1 Å². The lowest BCUT2D eigenvalue weighted by Crippen LogP contribution is -1.92. The van der Waals surface area contributed by atoms with Gasteiger partial charge in [-0.05, 0) is 31.2 Å². The minimum absolute atomic E-state index is 0.0822. The molecular formula is C13H10N2O3S. The van der Waals surface area contributed by atoms with E-state index < -0.39 is 5.97 Å². The molecule has 0 saturated carbocycles. The molecular weight excluding hydrogens is 264 g/mol. The molecule has 0 aromatic carbocycles. The SMILES string of the molecule is CC(Sc1cc(C#N)ccn1)c1ccc(C(=O)O)o1. The summed E-state index contributed by atoms with van der Waals surface area (Å²) in [6, 6.07) is 8.42.